The summed E-state index contributed by atoms with van der Waals surface area (Å²) in [6.45, 7) is 7.80. The Balaban J connectivity index is 1.62. The Kier molecular flexibility index (Phi) is 8.50. The van der Waals surface area contributed by atoms with Crippen LogP contribution < -0.4 is 10.1 Å². The molecule has 0 radical (unpaired) electrons. The third kappa shape index (κ3) is 5.67. The summed E-state index contributed by atoms with van der Waals surface area (Å²) < 4.78 is 12.8. The zero-order chi connectivity index (χ0) is 25.8. The van der Waals surface area contributed by atoms with Crippen molar-refractivity contribution in [2.24, 2.45) is 0 Å². The van der Waals surface area contributed by atoms with Crippen molar-refractivity contribution >= 4 is 45.2 Å². The molecule has 2 heterocycles. The van der Waals surface area contributed by atoms with Crippen LogP contribution in [0.4, 0.5) is 0 Å². The van der Waals surface area contributed by atoms with Gasteiger partial charge in [-0.25, -0.2) is 0 Å². The minimum Gasteiger partial charge on any atom is -0.427 e. The van der Waals surface area contributed by atoms with Crippen molar-refractivity contribution in [3.8, 4) is 5.75 Å². The lowest BCUT2D eigenvalue weighted by Crippen LogP contribution is -2.67. The molecule has 1 aliphatic carbocycles. The second-order valence-corrected chi connectivity index (χ2v) is 11.5. The SMILES string of the molecule is C=CCN1CC[C@@]2(c3cccc(OC(C)=O)c3)C[C@@H](NC(=O)/C=C/c3cc(Br)cs3)CC[C@]2(OC)C1. The summed E-state index contributed by atoms with van der Waals surface area (Å²) in [4.78, 5) is 27.9. The zero-order valence-electron chi connectivity index (χ0n) is 20.8. The van der Waals surface area contributed by atoms with E-state index in [1.165, 1.54) is 6.92 Å². The van der Waals surface area contributed by atoms with Crippen LogP contribution in [0.15, 0.2) is 58.9 Å². The van der Waals surface area contributed by atoms with Crippen LogP contribution in [0, 0.1) is 0 Å². The maximum atomic E-state index is 12.8. The lowest BCUT2D eigenvalue weighted by Gasteiger charge is -2.59. The van der Waals surface area contributed by atoms with E-state index >= 15 is 0 Å². The average Bonchev–Trinajstić information content (AvgIpc) is 3.28. The second-order valence-electron chi connectivity index (χ2n) is 9.62. The molecule has 192 valence electrons. The predicted molar refractivity (Wildman–Crippen MR) is 147 cm³/mol. The Bertz CT molecular complexity index is 1150. The maximum absolute atomic E-state index is 12.8. The van der Waals surface area contributed by atoms with Crippen molar-refractivity contribution in [3.63, 3.8) is 0 Å². The maximum Gasteiger partial charge on any atom is 0.308 e. The molecule has 1 aliphatic heterocycles. The Morgan fingerprint density at radius 3 is 2.86 bits per heavy atom. The number of nitrogens with one attached hydrogen (secondary N) is 1. The molecule has 1 amide bonds. The van der Waals surface area contributed by atoms with Crippen LogP contribution in [-0.2, 0) is 19.7 Å². The van der Waals surface area contributed by atoms with E-state index < -0.39 is 5.60 Å². The smallest absolute Gasteiger partial charge is 0.308 e. The van der Waals surface area contributed by atoms with E-state index in [-0.39, 0.29) is 23.3 Å². The highest BCUT2D eigenvalue weighted by molar-refractivity contribution is 9.10. The number of esters is 1. The molecule has 0 unspecified atom stereocenters. The van der Waals surface area contributed by atoms with Gasteiger partial charge in [0.05, 0.1) is 5.60 Å². The van der Waals surface area contributed by atoms with Crippen LogP contribution in [0.2, 0.25) is 0 Å². The number of rotatable bonds is 8. The van der Waals surface area contributed by atoms with Crippen molar-refractivity contribution in [3.05, 3.63) is 69.4 Å². The Morgan fingerprint density at radius 2 is 2.17 bits per heavy atom. The Labute approximate surface area is 225 Å². The number of carbonyl (C=O) groups is 2. The number of nitrogens with zero attached hydrogens (tertiary/aromatic N) is 1. The van der Waals surface area contributed by atoms with Crippen LogP contribution in [0.25, 0.3) is 6.08 Å². The number of benzene rings is 1. The molecule has 1 aromatic carbocycles. The summed E-state index contributed by atoms with van der Waals surface area (Å²) >= 11 is 5.03. The van der Waals surface area contributed by atoms with Gasteiger partial charge in [0, 0.05) is 59.4 Å². The zero-order valence-corrected chi connectivity index (χ0v) is 23.2. The van der Waals surface area contributed by atoms with E-state index in [0.717, 1.165) is 60.2 Å². The fraction of sp³-hybridized carbons (Fsp3) is 0.429. The van der Waals surface area contributed by atoms with Crippen LogP contribution in [0.3, 0.4) is 0 Å². The number of ether oxygens (including phenoxy) is 2. The van der Waals surface area contributed by atoms with E-state index in [1.807, 2.05) is 35.7 Å². The van der Waals surface area contributed by atoms with Crippen molar-refractivity contribution < 1.29 is 19.1 Å². The number of hydrogen-bond donors (Lipinski definition) is 1. The summed E-state index contributed by atoms with van der Waals surface area (Å²) in [5, 5.41) is 5.24. The van der Waals surface area contributed by atoms with Crippen LogP contribution in [-0.4, -0.2) is 55.2 Å². The number of thiophene rings is 1. The molecule has 1 saturated heterocycles. The Hall–Kier alpha value is -2.26. The molecule has 6 nitrogen and oxygen atoms in total. The van der Waals surface area contributed by atoms with Gasteiger partial charge in [-0.1, -0.05) is 18.2 Å². The highest BCUT2D eigenvalue weighted by Gasteiger charge is 2.58. The first-order valence-electron chi connectivity index (χ1n) is 12.2. The number of piperidine rings is 1. The first kappa shape index (κ1) is 26.8. The topological polar surface area (TPSA) is 67.9 Å². The number of fused-ring (bicyclic) bond motifs is 1. The summed E-state index contributed by atoms with van der Waals surface area (Å²) in [5.41, 5.74) is 0.316. The number of likely N-dealkylation sites (tertiary alicyclic amines) is 1. The lowest BCUT2D eigenvalue weighted by atomic mass is 9.55. The minimum absolute atomic E-state index is 0.00355. The molecule has 3 atom stereocenters. The first-order chi connectivity index (χ1) is 17.3. The van der Waals surface area contributed by atoms with Crippen LogP contribution >= 0.6 is 27.3 Å². The number of halogens is 1. The molecule has 1 aromatic heterocycles. The summed E-state index contributed by atoms with van der Waals surface area (Å²) in [6, 6.07) is 9.80. The van der Waals surface area contributed by atoms with Crippen molar-refractivity contribution in [2.45, 2.75) is 49.7 Å². The van der Waals surface area contributed by atoms with Gasteiger partial charge in [-0.3, -0.25) is 14.5 Å². The van der Waals surface area contributed by atoms with Gasteiger partial charge in [-0.2, -0.15) is 0 Å². The quantitative estimate of drug-likeness (QED) is 0.200. The number of methoxy groups -OCH3 is 1. The fourth-order valence-corrected chi connectivity index (χ4v) is 7.24. The molecule has 8 heteroatoms. The third-order valence-electron chi connectivity index (χ3n) is 7.46. The van der Waals surface area contributed by atoms with Gasteiger partial charge in [-0.15, -0.1) is 17.9 Å². The summed E-state index contributed by atoms with van der Waals surface area (Å²) in [5.74, 6) is 0.0910. The first-order valence-corrected chi connectivity index (χ1v) is 13.9. The van der Waals surface area contributed by atoms with Gasteiger partial charge in [0.1, 0.15) is 5.75 Å². The molecule has 2 aliphatic rings. The predicted octanol–water partition coefficient (Wildman–Crippen LogP) is 5.33. The monoisotopic (exact) mass is 572 g/mol. The molecule has 1 saturated carbocycles. The van der Waals surface area contributed by atoms with Crippen molar-refractivity contribution in [1.82, 2.24) is 10.2 Å². The van der Waals surface area contributed by atoms with Gasteiger partial charge in [0.15, 0.2) is 0 Å². The standard InChI is InChI=1S/C28H33BrN2O4S/c1-4-13-31-14-12-27(21-6-5-7-24(15-21)35-20(2)32)17-23(10-11-28(27,19-31)34-3)30-26(33)9-8-25-16-22(29)18-36-25/h4-9,15-16,18,23H,1,10-14,17,19H2,2-3H3,(H,30,33)/b9-8+/t23-,27-,28-/m0/s1. The second kappa shape index (κ2) is 11.4. The lowest BCUT2D eigenvalue weighted by molar-refractivity contribution is -0.149. The summed E-state index contributed by atoms with van der Waals surface area (Å²) in [6.07, 6.45) is 8.63. The van der Waals surface area contributed by atoms with E-state index in [9.17, 15) is 9.59 Å². The highest BCUT2D eigenvalue weighted by atomic mass is 79.9. The molecule has 2 fully saturated rings. The van der Waals surface area contributed by atoms with E-state index in [0.29, 0.717) is 5.75 Å². The number of amides is 1. The number of carbonyl (C=O) groups excluding carboxylic acids is 2. The fourth-order valence-electron chi connectivity index (χ4n) is 5.90. The molecule has 36 heavy (non-hydrogen) atoms. The highest BCUT2D eigenvalue weighted by Crippen LogP contribution is 2.53. The van der Waals surface area contributed by atoms with Gasteiger partial charge in [0.25, 0.3) is 0 Å². The van der Waals surface area contributed by atoms with Gasteiger partial charge in [-0.05, 0) is 78.0 Å². The minimum atomic E-state index is -0.427. The molecule has 4 rings (SSSR count). The third-order valence-corrected chi connectivity index (χ3v) is 9.12. The van der Waals surface area contributed by atoms with E-state index in [2.05, 4.69) is 38.8 Å². The molecular formula is C28H33BrN2O4S. The van der Waals surface area contributed by atoms with E-state index in [4.69, 9.17) is 9.47 Å². The number of hydrogen-bond acceptors (Lipinski definition) is 6. The molecular weight excluding hydrogens is 540 g/mol. The van der Waals surface area contributed by atoms with Crippen molar-refractivity contribution in [1.29, 1.82) is 0 Å². The van der Waals surface area contributed by atoms with Gasteiger partial charge < -0.3 is 14.8 Å². The summed E-state index contributed by atoms with van der Waals surface area (Å²) in [7, 11) is 1.79. The Morgan fingerprint density at radius 1 is 1.33 bits per heavy atom. The molecule has 0 spiro atoms. The largest absolute Gasteiger partial charge is 0.427 e. The van der Waals surface area contributed by atoms with Crippen LogP contribution in [0.1, 0.15) is 43.0 Å². The molecule has 2 aromatic rings. The average molecular weight is 574 g/mol. The van der Waals surface area contributed by atoms with E-state index in [1.54, 1.807) is 30.6 Å². The molecule has 1 N–H and O–H groups in total. The van der Waals surface area contributed by atoms with Crippen molar-refractivity contribution in [2.75, 3.05) is 26.7 Å². The van der Waals surface area contributed by atoms with Gasteiger partial charge >= 0.3 is 5.97 Å². The van der Waals surface area contributed by atoms with Gasteiger partial charge in [0.2, 0.25) is 5.91 Å². The normalized spacial score (nSPS) is 26.4. The molecule has 0 bridgehead atoms. The van der Waals surface area contributed by atoms with Crippen LogP contribution in [0.5, 0.6) is 5.75 Å².